The number of urea groups is 1. The zero-order valence-electron chi connectivity index (χ0n) is 18.8. The summed E-state index contributed by atoms with van der Waals surface area (Å²) in [5, 5.41) is 16.1. The largest absolute Gasteiger partial charge is 0.338 e. The molecule has 0 radical (unpaired) electrons. The molecule has 2 aliphatic rings. The molecular formula is C23H35N7O. The van der Waals surface area contributed by atoms with Gasteiger partial charge < -0.3 is 10.2 Å². The molecule has 8 heteroatoms. The third-order valence-electron chi connectivity index (χ3n) is 7.02. The van der Waals surface area contributed by atoms with E-state index in [1.807, 2.05) is 23.1 Å². The number of amides is 2. The highest BCUT2D eigenvalue weighted by molar-refractivity contribution is 5.74. The van der Waals surface area contributed by atoms with Crippen molar-refractivity contribution in [3.63, 3.8) is 0 Å². The summed E-state index contributed by atoms with van der Waals surface area (Å²) in [6, 6.07) is 10.6. The first-order valence-corrected chi connectivity index (χ1v) is 11.8. The fourth-order valence-corrected chi connectivity index (χ4v) is 5.34. The molecule has 1 aliphatic heterocycles. The summed E-state index contributed by atoms with van der Waals surface area (Å²) in [6.45, 7) is 8.13. The zero-order chi connectivity index (χ0) is 21.7. The quantitative estimate of drug-likeness (QED) is 0.703. The van der Waals surface area contributed by atoms with Gasteiger partial charge in [0.2, 0.25) is 0 Å². The van der Waals surface area contributed by atoms with Crippen LogP contribution in [0.3, 0.4) is 0 Å². The average molecular weight is 426 g/mol. The van der Waals surface area contributed by atoms with Gasteiger partial charge in [-0.05, 0) is 54.8 Å². The van der Waals surface area contributed by atoms with Crippen LogP contribution in [0.5, 0.6) is 0 Å². The Bertz CT molecular complexity index is 845. The predicted octanol–water partition coefficient (Wildman–Crippen LogP) is 2.98. The molecule has 1 unspecified atom stereocenters. The van der Waals surface area contributed by atoms with Crippen molar-refractivity contribution >= 4 is 6.03 Å². The van der Waals surface area contributed by atoms with Gasteiger partial charge in [-0.15, -0.1) is 5.10 Å². The number of nitrogens with zero attached hydrogens (tertiary/aromatic N) is 6. The number of nitrogens with one attached hydrogen (secondary N) is 1. The maximum Gasteiger partial charge on any atom is 0.317 e. The number of carbonyl (C=O) groups excluding carboxylic acids is 1. The average Bonchev–Trinajstić information content (AvgIpc) is 3.55. The molecule has 4 rings (SSSR count). The number of carbonyl (C=O) groups is 1. The van der Waals surface area contributed by atoms with Crippen molar-refractivity contribution in [2.24, 2.45) is 0 Å². The number of hydrogen-bond acceptors (Lipinski definition) is 5. The van der Waals surface area contributed by atoms with Crippen molar-refractivity contribution in [1.29, 1.82) is 0 Å². The SMILES string of the molecule is CCN(CC)C1(c2nnnn2C2CCCC2)CCN(C(=O)NCCc2ccccc2)C1. The van der Waals surface area contributed by atoms with E-state index in [1.165, 1.54) is 18.4 Å². The summed E-state index contributed by atoms with van der Waals surface area (Å²) in [6.07, 6.45) is 6.43. The molecule has 1 atom stereocenters. The number of likely N-dealkylation sites (N-methyl/N-ethyl adjacent to an activating group) is 1. The third-order valence-corrected chi connectivity index (χ3v) is 7.02. The van der Waals surface area contributed by atoms with Gasteiger partial charge in [0, 0.05) is 19.6 Å². The maximum atomic E-state index is 13.0. The van der Waals surface area contributed by atoms with Crippen molar-refractivity contribution in [2.75, 3.05) is 32.7 Å². The minimum absolute atomic E-state index is 0.00449. The normalized spacial score (nSPS) is 21.8. The van der Waals surface area contributed by atoms with Gasteiger partial charge in [-0.3, -0.25) is 4.90 Å². The molecule has 2 amide bonds. The van der Waals surface area contributed by atoms with Gasteiger partial charge in [0.1, 0.15) is 5.54 Å². The molecular weight excluding hydrogens is 390 g/mol. The van der Waals surface area contributed by atoms with Crippen LogP contribution < -0.4 is 5.32 Å². The van der Waals surface area contributed by atoms with Gasteiger partial charge >= 0.3 is 6.03 Å². The van der Waals surface area contributed by atoms with Gasteiger partial charge in [0.25, 0.3) is 0 Å². The maximum absolute atomic E-state index is 13.0. The molecule has 1 saturated carbocycles. The van der Waals surface area contributed by atoms with Crippen LogP contribution >= 0.6 is 0 Å². The zero-order valence-corrected chi connectivity index (χ0v) is 18.8. The van der Waals surface area contributed by atoms with Crippen molar-refractivity contribution in [2.45, 2.75) is 64.0 Å². The first-order valence-electron chi connectivity index (χ1n) is 11.8. The van der Waals surface area contributed by atoms with E-state index in [9.17, 15) is 4.79 Å². The summed E-state index contributed by atoms with van der Waals surface area (Å²) < 4.78 is 2.07. The lowest BCUT2D eigenvalue weighted by molar-refractivity contribution is 0.0894. The molecule has 31 heavy (non-hydrogen) atoms. The van der Waals surface area contributed by atoms with Gasteiger partial charge in [-0.1, -0.05) is 57.0 Å². The van der Waals surface area contributed by atoms with Crippen molar-refractivity contribution < 1.29 is 4.79 Å². The molecule has 2 heterocycles. The van der Waals surface area contributed by atoms with E-state index in [1.54, 1.807) is 0 Å². The summed E-state index contributed by atoms with van der Waals surface area (Å²) in [7, 11) is 0. The molecule has 0 bridgehead atoms. The van der Waals surface area contributed by atoms with Gasteiger partial charge in [0.05, 0.1) is 6.04 Å². The highest BCUT2D eigenvalue weighted by Crippen LogP contribution is 2.39. The van der Waals surface area contributed by atoms with E-state index in [0.717, 1.165) is 44.6 Å². The fourth-order valence-electron chi connectivity index (χ4n) is 5.34. The number of benzene rings is 1. The van der Waals surface area contributed by atoms with E-state index in [2.05, 4.69) is 56.4 Å². The van der Waals surface area contributed by atoms with Crippen molar-refractivity contribution in [3.8, 4) is 0 Å². The van der Waals surface area contributed by atoms with Crippen LogP contribution in [0.25, 0.3) is 0 Å². The number of rotatable bonds is 8. The standard InChI is InChI=1S/C23H35N7O/c1-3-29(4-2)23(21-25-26-27-30(21)20-12-8-9-13-20)15-17-28(18-23)22(31)24-16-14-19-10-6-5-7-11-19/h5-7,10-11,20H,3-4,8-9,12-18H2,1-2H3,(H,24,31). The van der Waals surface area contributed by atoms with Crippen LogP contribution in [-0.4, -0.2) is 68.8 Å². The van der Waals surface area contributed by atoms with E-state index >= 15 is 0 Å². The molecule has 1 saturated heterocycles. The molecule has 168 valence electrons. The van der Waals surface area contributed by atoms with Crippen LogP contribution in [-0.2, 0) is 12.0 Å². The summed E-state index contributed by atoms with van der Waals surface area (Å²) in [5.74, 6) is 0.933. The van der Waals surface area contributed by atoms with E-state index in [-0.39, 0.29) is 11.6 Å². The Hall–Kier alpha value is -2.48. The highest BCUT2D eigenvalue weighted by Gasteiger charge is 2.49. The molecule has 2 aromatic rings. The van der Waals surface area contributed by atoms with E-state index < -0.39 is 0 Å². The van der Waals surface area contributed by atoms with Gasteiger partial charge in [0.15, 0.2) is 5.82 Å². The molecule has 0 spiro atoms. The highest BCUT2D eigenvalue weighted by atomic mass is 16.2. The molecule has 1 aliphatic carbocycles. The van der Waals surface area contributed by atoms with E-state index in [0.29, 0.717) is 25.7 Å². The Labute approximate surface area is 185 Å². The molecule has 1 N–H and O–H groups in total. The summed E-state index contributed by atoms with van der Waals surface area (Å²) in [4.78, 5) is 17.3. The van der Waals surface area contributed by atoms with Crippen LogP contribution in [0.15, 0.2) is 30.3 Å². The lowest BCUT2D eigenvalue weighted by Gasteiger charge is -2.39. The van der Waals surface area contributed by atoms with Crippen molar-refractivity contribution in [1.82, 2.24) is 35.3 Å². The monoisotopic (exact) mass is 425 g/mol. The Morgan fingerprint density at radius 2 is 1.94 bits per heavy atom. The molecule has 1 aromatic carbocycles. The van der Waals surface area contributed by atoms with Crippen molar-refractivity contribution in [3.05, 3.63) is 41.7 Å². The minimum Gasteiger partial charge on any atom is -0.338 e. The molecule has 8 nitrogen and oxygen atoms in total. The first-order chi connectivity index (χ1) is 15.2. The lowest BCUT2D eigenvalue weighted by Crippen LogP contribution is -2.51. The second-order valence-corrected chi connectivity index (χ2v) is 8.73. The summed E-state index contributed by atoms with van der Waals surface area (Å²) in [5.41, 5.74) is 0.907. The first kappa shape index (κ1) is 21.7. The second-order valence-electron chi connectivity index (χ2n) is 8.73. The third kappa shape index (κ3) is 4.44. The van der Waals surface area contributed by atoms with Crippen LogP contribution in [0.4, 0.5) is 4.79 Å². The lowest BCUT2D eigenvalue weighted by atomic mass is 9.94. The smallest absolute Gasteiger partial charge is 0.317 e. The Balaban J connectivity index is 1.48. The van der Waals surface area contributed by atoms with E-state index in [4.69, 9.17) is 0 Å². The molecule has 2 fully saturated rings. The van der Waals surface area contributed by atoms with Crippen LogP contribution in [0, 0.1) is 0 Å². The minimum atomic E-state index is -0.327. The number of likely N-dealkylation sites (tertiary alicyclic amines) is 1. The Morgan fingerprint density at radius 1 is 1.19 bits per heavy atom. The number of hydrogen-bond donors (Lipinski definition) is 1. The summed E-state index contributed by atoms with van der Waals surface area (Å²) >= 11 is 0. The second kappa shape index (κ2) is 9.77. The Morgan fingerprint density at radius 3 is 2.65 bits per heavy atom. The number of aromatic nitrogens is 4. The number of tetrazole rings is 1. The predicted molar refractivity (Wildman–Crippen MR) is 120 cm³/mol. The van der Waals surface area contributed by atoms with Gasteiger partial charge in [-0.25, -0.2) is 9.48 Å². The van der Waals surface area contributed by atoms with Crippen LogP contribution in [0.1, 0.15) is 63.4 Å². The Kier molecular flexibility index (Phi) is 6.85. The molecule has 1 aromatic heterocycles. The topological polar surface area (TPSA) is 79.2 Å². The van der Waals surface area contributed by atoms with Gasteiger partial charge in [-0.2, -0.15) is 0 Å². The van der Waals surface area contributed by atoms with Crippen LogP contribution in [0.2, 0.25) is 0 Å². The fraction of sp³-hybridized carbons (Fsp3) is 0.652.